The predicted molar refractivity (Wildman–Crippen MR) is 199 cm³/mol. The third-order valence-corrected chi connectivity index (χ3v) is 17.7. The van der Waals surface area contributed by atoms with E-state index in [1.807, 2.05) is 20.8 Å². The van der Waals surface area contributed by atoms with E-state index in [0.717, 1.165) is 62.9 Å². The number of methoxy groups -OCH3 is 1. The molecule has 0 aromatic rings. The number of nitrogens with zero attached hydrogens (tertiary/aromatic N) is 2. The molecule has 2 spiro atoms. The minimum Gasteiger partial charge on any atom is -0.388 e. The Balaban J connectivity index is 0.929. The van der Waals surface area contributed by atoms with Gasteiger partial charge in [0.2, 0.25) is 0 Å². The molecule has 51 heavy (non-hydrogen) atoms. The van der Waals surface area contributed by atoms with Gasteiger partial charge in [-0.1, -0.05) is 27.7 Å². The number of rotatable bonds is 10. The zero-order valence-corrected chi connectivity index (χ0v) is 33.7. The fourth-order valence-corrected chi connectivity index (χ4v) is 15.4. The van der Waals surface area contributed by atoms with Crippen LogP contribution in [0.4, 0.5) is 0 Å². The summed E-state index contributed by atoms with van der Waals surface area (Å²) in [5, 5.41) is 11.0. The Hall–Kier alpha value is -0.320. The molecule has 13 atom stereocenters. The summed E-state index contributed by atoms with van der Waals surface area (Å²) in [6.45, 7) is 23.8. The first kappa shape index (κ1) is 37.6. The quantitative estimate of drug-likeness (QED) is 0.266. The third-order valence-electron chi connectivity index (χ3n) is 17.7. The molecule has 8 aliphatic rings. The van der Waals surface area contributed by atoms with Crippen LogP contribution in [0.15, 0.2) is 0 Å². The Morgan fingerprint density at radius 3 is 2.39 bits per heavy atom. The highest BCUT2D eigenvalue weighted by Crippen LogP contribution is 2.89. The van der Waals surface area contributed by atoms with Crippen molar-refractivity contribution in [1.29, 1.82) is 0 Å². The van der Waals surface area contributed by atoms with E-state index in [9.17, 15) is 5.11 Å². The van der Waals surface area contributed by atoms with Gasteiger partial charge in [-0.3, -0.25) is 4.90 Å². The zero-order chi connectivity index (χ0) is 36.0. The Labute approximate surface area is 310 Å². The molecular weight excluding hydrogens is 640 g/mol. The van der Waals surface area contributed by atoms with Crippen molar-refractivity contribution in [2.24, 2.45) is 51.2 Å². The van der Waals surface area contributed by atoms with Crippen LogP contribution in [0.5, 0.6) is 0 Å². The van der Waals surface area contributed by atoms with Gasteiger partial charge < -0.3 is 33.7 Å². The number of morpholine rings is 1. The normalized spacial score (nSPS) is 47.8. The maximum atomic E-state index is 11.0. The van der Waals surface area contributed by atoms with Crippen LogP contribution in [0, 0.1) is 51.2 Å². The molecule has 0 amide bonds. The molecule has 8 heteroatoms. The van der Waals surface area contributed by atoms with Crippen molar-refractivity contribution in [3.63, 3.8) is 0 Å². The summed E-state index contributed by atoms with van der Waals surface area (Å²) in [5.41, 5.74) is 0.576. The molecule has 5 saturated carbocycles. The molecule has 8 nitrogen and oxygen atoms in total. The fourth-order valence-electron chi connectivity index (χ4n) is 15.4. The van der Waals surface area contributed by atoms with E-state index < -0.39 is 5.60 Å². The molecule has 1 N–H and O–H groups in total. The molecular formula is C43H74N2O6. The smallest absolute Gasteiger partial charge is 0.170 e. The molecule has 0 aromatic carbocycles. The second-order valence-corrected chi connectivity index (χ2v) is 20.2. The topological polar surface area (TPSA) is 72.9 Å². The summed E-state index contributed by atoms with van der Waals surface area (Å²) in [6, 6.07) is 0.643. The number of fused-ring (bicyclic) bond motifs is 4. The maximum absolute atomic E-state index is 11.0. The van der Waals surface area contributed by atoms with Crippen molar-refractivity contribution >= 4 is 0 Å². The van der Waals surface area contributed by atoms with E-state index in [1.165, 1.54) is 77.3 Å². The van der Waals surface area contributed by atoms with Gasteiger partial charge in [-0.2, -0.15) is 0 Å². The van der Waals surface area contributed by atoms with Crippen LogP contribution < -0.4 is 0 Å². The van der Waals surface area contributed by atoms with Crippen LogP contribution in [-0.2, 0) is 23.7 Å². The van der Waals surface area contributed by atoms with Crippen molar-refractivity contribution in [2.75, 3.05) is 59.7 Å². The first-order valence-corrected chi connectivity index (χ1v) is 21.5. The molecule has 3 aliphatic heterocycles. The minimum atomic E-state index is -0.902. The molecule has 5 aliphatic carbocycles. The lowest BCUT2D eigenvalue weighted by Gasteiger charge is -2.60. The van der Waals surface area contributed by atoms with Gasteiger partial charge in [0, 0.05) is 39.4 Å². The van der Waals surface area contributed by atoms with Crippen molar-refractivity contribution < 1.29 is 28.8 Å². The third kappa shape index (κ3) is 5.87. The molecule has 0 aromatic heterocycles. The van der Waals surface area contributed by atoms with Gasteiger partial charge in [0.1, 0.15) is 6.10 Å². The fraction of sp³-hybridized carbons (Fsp3) is 1.00. The average Bonchev–Trinajstić information content (AvgIpc) is 3.48. The standard InChI is InChI=1S/C43H74N2O6/c1-9-48-38(40(5,6)46)33-12-10-31-34(50-33)26-32-30-11-13-35-39(3,4)36(14-17-43(35)28(2)42(30,43)19-18-41(31,32)7)51-37-27-45(23-25-49-37)29-15-20-44(21-16-29)22-24-47-8/h28-38,46H,9-27H2,1-8H3. The van der Waals surface area contributed by atoms with Crippen molar-refractivity contribution in [3.05, 3.63) is 0 Å². The zero-order valence-electron chi connectivity index (χ0n) is 33.7. The molecule has 8 fully saturated rings. The van der Waals surface area contributed by atoms with Crippen LogP contribution in [-0.4, -0.2) is 117 Å². The van der Waals surface area contributed by atoms with Gasteiger partial charge in [0.15, 0.2) is 6.29 Å². The molecule has 3 heterocycles. The minimum absolute atomic E-state index is 0.0127. The number of likely N-dealkylation sites (tertiary alicyclic amines) is 1. The molecule has 8 rings (SSSR count). The summed E-state index contributed by atoms with van der Waals surface area (Å²) in [5.74, 6) is 3.73. The first-order valence-electron chi connectivity index (χ1n) is 21.5. The van der Waals surface area contributed by atoms with Crippen LogP contribution in [0.3, 0.4) is 0 Å². The largest absolute Gasteiger partial charge is 0.388 e. The summed E-state index contributed by atoms with van der Waals surface area (Å²) in [7, 11) is 1.80. The van der Waals surface area contributed by atoms with E-state index in [0.29, 0.717) is 40.9 Å². The van der Waals surface area contributed by atoms with Crippen LogP contribution in [0.25, 0.3) is 0 Å². The number of hydrogen-bond acceptors (Lipinski definition) is 8. The molecule has 13 unspecified atom stereocenters. The highest BCUT2D eigenvalue weighted by Gasteiger charge is 2.84. The summed E-state index contributed by atoms with van der Waals surface area (Å²) < 4.78 is 32.0. The lowest BCUT2D eigenvalue weighted by atomic mass is 9.46. The van der Waals surface area contributed by atoms with Gasteiger partial charge in [-0.05, 0) is 156 Å². The second kappa shape index (κ2) is 13.7. The van der Waals surface area contributed by atoms with E-state index in [1.54, 1.807) is 7.11 Å². The maximum Gasteiger partial charge on any atom is 0.170 e. The van der Waals surface area contributed by atoms with E-state index in [2.05, 4.69) is 37.5 Å². The van der Waals surface area contributed by atoms with Crippen molar-refractivity contribution in [3.8, 4) is 0 Å². The second-order valence-electron chi connectivity index (χ2n) is 20.2. The molecule has 0 radical (unpaired) electrons. The highest BCUT2D eigenvalue weighted by molar-refractivity contribution is 5.32. The lowest BCUT2D eigenvalue weighted by Crippen LogP contribution is -2.57. The van der Waals surface area contributed by atoms with E-state index in [-0.39, 0.29) is 30.0 Å². The first-order chi connectivity index (χ1) is 24.3. The van der Waals surface area contributed by atoms with Crippen LogP contribution in [0.2, 0.25) is 0 Å². The van der Waals surface area contributed by atoms with Crippen LogP contribution >= 0.6 is 0 Å². The number of hydrogen-bond donors (Lipinski definition) is 1. The lowest BCUT2D eigenvalue weighted by molar-refractivity contribution is -0.248. The SMILES string of the molecule is CCOC(C1CCC2C(CC3C4CCC5C(C)(C)C(OC6CN(C7CCN(CCOC)CC7)CCO6)CCC56C(C)C46CCC23C)O1)C(C)(C)O. The number of aliphatic hydroxyl groups is 1. The Kier molecular flexibility index (Phi) is 10.1. The summed E-state index contributed by atoms with van der Waals surface area (Å²) in [4.78, 5) is 5.25. The van der Waals surface area contributed by atoms with Gasteiger partial charge in [-0.25, -0.2) is 0 Å². The average molecular weight is 715 g/mol. The highest BCUT2D eigenvalue weighted by atomic mass is 16.7. The monoisotopic (exact) mass is 715 g/mol. The Morgan fingerprint density at radius 2 is 1.67 bits per heavy atom. The summed E-state index contributed by atoms with van der Waals surface area (Å²) >= 11 is 0. The van der Waals surface area contributed by atoms with E-state index in [4.69, 9.17) is 23.7 Å². The molecule has 3 saturated heterocycles. The predicted octanol–water partition coefficient (Wildman–Crippen LogP) is 6.77. The van der Waals surface area contributed by atoms with Crippen LogP contribution in [0.1, 0.15) is 119 Å². The summed E-state index contributed by atoms with van der Waals surface area (Å²) in [6.07, 6.45) is 14.1. The van der Waals surface area contributed by atoms with Gasteiger partial charge in [0.05, 0.1) is 37.1 Å². The molecule has 0 bridgehead atoms. The van der Waals surface area contributed by atoms with Crippen molar-refractivity contribution in [1.82, 2.24) is 9.80 Å². The Bertz CT molecular complexity index is 1230. The van der Waals surface area contributed by atoms with Crippen molar-refractivity contribution in [2.45, 2.75) is 161 Å². The van der Waals surface area contributed by atoms with Gasteiger partial charge in [-0.15, -0.1) is 0 Å². The Morgan fingerprint density at radius 1 is 0.902 bits per heavy atom. The van der Waals surface area contributed by atoms with Gasteiger partial charge >= 0.3 is 0 Å². The van der Waals surface area contributed by atoms with E-state index >= 15 is 0 Å². The van der Waals surface area contributed by atoms with Gasteiger partial charge in [0.25, 0.3) is 0 Å². The number of piperidine rings is 1. The molecule has 292 valence electrons. The number of ether oxygens (including phenoxy) is 5.